The highest BCUT2D eigenvalue weighted by atomic mass is 15.2. The van der Waals surface area contributed by atoms with Crippen molar-refractivity contribution < 1.29 is 0 Å². The molecule has 79 heavy (non-hydrogen) atoms. The monoisotopic (exact) mass is 1120 g/mol. The van der Waals surface area contributed by atoms with Gasteiger partial charge in [-0.1, -0.05) is 125 Å². The van der Waals surface area contributed by atoms with E-state index in [4.69, 9.17) is 0 Å². The van der Waals surface area contributed by atoms with Gasteiger partial charge in [0.25, 0.3) is 0 Å². The Morgan fingerprint density at radius 3 is 0.975 bits per heavy atom. The molecular weight excluding hydrogens is 963 g/mol. The van der Waals surface area contributed by atoms with Crippen molar-refractivity contribution in [2.45, 2.75) is 326 Å². The van der Waals surface area contributed by atoms with Gasteiger partial charge in [-0.3, -0.25) is 0 Å². The van der Waals surface area contributed by atoms with Crippen LogP contribution in [0.1, 0.15) is 277 Å². The second-order valence-corrected chi connectivity index (χ2v) is 30.8. The first kappa shape index (κ1) is 80.8. The molecule has 4 heterocycles. The molecule has 0 amide bonds. The molecule has 3 atom stereocenters. The molecule has 5 fully saturated rings. The molecule has 4 aliphatic heterocycles. The average Bonchev–Trinajstić information content (AvgIpc) is 3.89. The summed E-state index contributed by atoms with van der Waals surface area (Å²) in [4.78, 5) is 12.8. The SMILES string of the molecule is CC(C)C1CCCN(C(C)C)C1.CC(C)C1CCN(C(C)C)C1.CC(C)C1CCN(C(C)C)CC1.CC(C)CCN(C)C(C)C.CC(C)CCNC(C)C.CC(C)NC1CCC(C(C)C)CC1.CC(C)[C@@H]1CCCN(C(C)C)C1. The van der Waals surface area contributed by atoms with E-state index in [9.17, 15) is 0 Å². The van der Waals surface area contributed by atoms with Crippen LogP contribution in [0.2, 0.25) is 0 Å². The summed E-state index contributed by atoms with van der Waals surface area (Å²) in [5.74, 6) is 10.9. The number of nitrogens with zero attached hydrogens (tertiary/aromatic N) is 5. The maximum atomic E-state index is 3.64. The molecule has 5 aliphatic rings. The Morgan fingerprint density at radius 1 is 0.354 bits per heavy atom. The Kier molecular flexibility index (Phi) is 47.0. The van der Waals surface area contributed by atoms with Crippen molar-refractivity contribution in [3.8, 4) is 0 Å². The highest BCUT2D eigenvalue weighted by Gasteiger charge is 2.28. The van der Waals surface area contributed by atoms with Gasteiger partial charge < -0.3 is 35.1 Å². The third-order valence-electron chi connectivity index (χ3n) is 19.0. The van der Waals surface area contributed by atoms with Gasteiger partial charge in [-0.05, 0) is 277 Å². The third-order valence-corrected chi connectivity index (χ3v) is 19.0. The summed E-state index contributed by atoms with van der Waals surface area (Å²) < 4.78 is 0. The van der Waals surface area contributed by atoms with Crippen molar-refractivity contribution in [2.24, 2.45) is 71.0 Å². The number of hydrogen-bond acceptors (Lipinski definition) is 7. The molecule has 1 saturated carbocycles. The van der Waals surface area contributed by atoms with Crippen LogP contribution in [0.3, 0.4) is 0 Å². The largest absolute Gasteiger partial charge is 0.315 e. The highest BCUT2D eigenvalue weighted by Crippen LogP contribution is 2.31. The number of likely N-dealkylation sites (tertiary alicyclic amines) is 4. The zero-order valence-electron chi connectivity index (χ0n) is 60.0. The van der Waals surface area contributed by atoms with Gasteiger partial charge >= 0.3 is 0 Å². The zero-order valence-corrected chi connectivity index (χ0v) is 60.0. The van der Waals surface area contributed by atoms with Crippen molar-refractivity contribution >= 4 is 0 Å². The minimum Gasteiger partial charge on any atom is -0.315 e. The molecule has 7 heteroatoms. The molecule has 7 nitrogen and oxygen atoms in total. The van der Waals surface area contributed by atoms with E-state index in [0.29, 0.717) is 18.1 Å². The second kappa shape index (κ2) is 46.0. The van der Waals surface area contributed by atoms with Crippen molar-refractivity contribution in [3.05, 3.63) is 0 Å². The molecule has 2 N–H and O–H groups in total. The Hall–Kier alpha value is -0.280. The number of nitrogens with one attached hydrogen (secondary N) is 2. The quantitative estimate of drug-likeness (QED) is 0.134. The molecule has 5 rings (SSSR count). The van der Waals surface area contributed by atoms with E-state index >= 15 is 0 Å². The molecule has 2 unspecified atom stereocenters. The average molecular weight is 1120 g/mol. The van der Waals surface area contributed by atoms with Crippen LogP contribution in [0.4, 0.5) is 0 Å². The van der Waals surface area contributed by atoms with E-state index in [-0.39, 0.29) is 0 Å². The normalized spacial score (nSPS) is 23.2. The lowest BCUT2D eigenvalue weighted by molar-refractivity contribution is 0.117. The smallest absolute Gasteiger partial charge is 0.00696 e. The summed E-state index contributed by atoms with van der Waals surface area (Å²) >= 11 is 0. The van der Waals surface area contributed by atoms with Crippen molar-refractivity contribution in [1.29, 1.82) is 0 Å². The van der Waals surface area contributed by atoms with E-state index in [2.05, 4.69) is 236 Å². The third kappa shape index (κ3) is 41.4. The van der Waals surface area contributed by atoms with Gasteiger partial charge in [0, 0.05) is 68.0 Å². The van der Waals surface area contributed by atoms with Gasteiger partial charge in [-0.2, -0.15) is 0 Å². The summed E-state index contributed by atoms with van der Waals surface area (Å²) in [6.07, 6.45) is 18.2. The number of hydrogen-bond donors (Lipinski definition) is 2. The molecule has 0 radical (unpaired) electrons. The van der Waals surface area contributed by atoms with Gasteiger partial charge in [0.05, 0.1) is 0 Å². The molecular formula is C72H155N7. The first-order valence-electron chi connectivity index (χ1n) is 34.9. The van der Waals surface area contributed by atoms with Crippen LogP contribution in [-0.2, 0) is 0 Å². The van der Waals surface area contributed by atoms with Crippen LogP contribution < -0.4 is 10.6 Å². The van der Waals surface area contributed by atoms with Crippen LogP contribution in [0.15, 0.2) is 0 Å². The Bertz CT molecular complexity index is 1220. The summed E-state index contributed by atoms with van der Waals surface area (Å²) in [6.45, 7) is 77.3. The lowest BCUT2D eigenvalue weighted by atomic mass is 9.79. The van der Waals surface area contributed by atoms with Crippen LogP contribution in [-0.4, -0.2) is 145 Å². The lowest BCUT2D eigenvalue weighted by Gasteiger charge is -2.37. The second-order valence-electron chi connectivity index (χ2n) is 30.8. The highest BCUT2D eigenvalue weighted by molar-refractivity contribution is 4.82. The van der Waals surface area contributed by atoms with Crippen molar-refractivity contribution in [1.82, 2.24) is 35.1 Å². The first-order chi connectivity index (χ1) is 36.7. The van der Waals surface area contributed by atoms with E-state index in [1.165, 1.54) is 142 Å². The first-order valence-corrected chi connectivity index (χ1v) is 34.9. The fraction of sp³-hybridized carbons (Fsp3) is 1.00. The number of piperidine rings is 3. The fourth-order valence-electron chi connectivity index (χ4n) is 11.8. The van der Waals surface area contributed by atoms with Crippen LogP contribution in [0, 0.1) is 71.0 Å². The zero-order chi connectivity index (χ0) is 61.1. The lowest BCUT2D eigenvalue weighted by Crippen LogP contribution is -2.41. The fourth-order valence-corrected chi connectivity index (χ4v) is 11.8. The Morgan fingerprint density at radius 2 is 0.684 bits per heavy atom. The van der Waals surface area contributed by atoms with E-state index in [1.807, 2.05) is 0 Å². The molecule has 0 spiro atoms. The molecule has 478 valence electrons. The van der Waals surface area contributed by atoms with Gasteiger partial charge in [0.15, 0.2) is 0 Å². The Balaban J connectivity index is 0. The number of rotatable bonds is 19. The summed E-state index contributed by atoms with van der Waals surface area (Å²) in [6, 6.07) is 5.77. The summed E-state index contributed by atoms with van der Waals surface area (Å²) in [5.41, 5.74) is 0. The topological polar surface area (TPSA) is 40.3 Å². The molecule has 0 bridgehead atoms. The van der Waals surface area contributed by atoms with E-state index in [1.54, 1.807) is 0 Å². The van der Waals surface area contributed by atoms with Gasteiger partial charge in [-0.25, -0.2) is 0 Å². The van der Waals surface area contributed by atoms with Gasteiger partial charge in [0.1, 0.15) is 0 Å². The van der Waals surface area contributed by atoms with Gasteiger partial charge in [-0.15, -0.1) is 0 Å². The Labute approximate surface area is 502 Å². The molecule has 4 saturated heterocycles. The summed E-state index contributed by atoms with van der Waals surface area (Å²) in [7, 11) is 2.19. The van der Waals surface area contributed by atoms with E-state index in [0.717, 1.165) is 108 Å². The maximum absolute atomic E-state index is 3.64. The summed E-state index contributed by atoms with van der Waals surface area (Å²) in [5, 5.41) is 7.02. The molecule has 0 aromatic carbocycles. The predicted molar refractivity (Wildman–Crippen MR) is 361 cm³/mol. The van der Waals surface area contributed by atoms with Gasteiger partial charge in [0.2, 0.25) is 0 Å². The van der Waals surface area contributed by atoms with Crippen molar-refractivity contribution in [2.75, 3.05) is 72.5 Å². The van der Waals surface area contributed by atoms with Crippen LogP contribution >= 0.6 is 0 Å². The maximum Gasteiger partial charge on any atom is 0.00696 e. The van der Waals surface area contributed by atoms with E-state index < -0.39 is 0 Å². The predicted octanol–water partition coefficient (Wildman–Crippen LogP) is 18.3. The van der Waals surface area contributed by atoms with Crippen LogP contribution in [0.25, 0.3) is 0 Å². The van der Waals surface area contributed by atoms with Crippen LogP contribution in [0.5, 0.6) is 0 Å². The molecule has 1 aliphatic carbocycles. The molecule has 0 aromatic heterocycles. The van der Waals surface area contributed by atoms with Crippen molar-refractivity contribution in [3.63, 3.8) is 0 Å². The minimum atomic E-state index is 0.642. The standard InChI is InChI=1S/C12H25N.3C11H23N.C10H21N.C9H21N.C8H19N/c1-9(2)11-5-7-12(8-6-11)13-10(3)4;1-9(2)11-5-7-12(8-6-11)10(3)4;2*1-9(2)11-6-5-7-12(8-11)10(3)4;1-8(2)10-5-6-11(7-10)9(3)4;1-8(2)6-7-10(5)9(3)4;1-7(2)5-6-9-8(3)4/h9-13H,5-8H2,1-4H3;3*9-11H,5-8H2,1-4H3;8-10H,5-7H2,1-4H3;8-9H,6-7H2,1-5H3;7-9H,5-6H2,1-4H3/t;;11-;;;;/m..1..../s1. The molecule has 0 aromatic rings. The minimum absolute atomic E-state index is 0.642.